The molecule has 5 atom stereocenters. The predicted octanol–water partition coefficient (Wildman–Crippen LogP) is -0.488. The minimum Gasteiger partial charge on any atom is -0.460 e. The number of hydrogen-bond acceptors (Lipinski definition) is 8. The molecule has 2 aliphatic rings. The van der Waals surface area contributed by atoms with Gasteiger partial charge in [-0.15, -0.1) is 0 Å². The first-order chi connectivity index (χ1) is 10.7. The van der Waals surface area contributed by atoms with E-state index in [-0.39, 0.29) is 12.3 Å². The molecule has 1 fully saturated rings. The van der Waals surface area contributed by atoms with E-state index in [4.69, 9.17) is 15.2 Å². The van der Waals surface area contributed by atoms with E-state index < -0.39 is 42.8 Å². The molecule has 0 aromatic rings. The Morgan fingerprint density at radius 3 is 2.83 bits per heavy atom. The van der Waals surface area contributed by atoms with Crippen molar-refractivity contribution in [2.45, 2.75) is 57.1 Å². The third-order valence-electron chi connectivity index (χ3n) is 3.61. The minimum absolute atomic E-state index is 0.0302. The highest BCUT2D eigenvalue weighted by Crippen LogP contribution is 2.40. The van der Waals surface area contributed by atoms with Crippen molar-refractivity contribution in [2.75, 3.05) is 0 Å². The zero-order valence-electron chi connectivity index (χ0n) is 12.6. The molecule has 1 saturated heterocycles. The van der Waals surface area contributed by atoms with Crippen molar-refractivity contribution >= 4 is 11.8 Å². The molecule has 0 bridgehead atoms. The van der Waals surface area contributed by atoms with Crippen molar-refractivity contribution in [1.82, 2.24) is 4.90 Å². The summed E-state index contributed by atoms with van der Waals surface area (Å²) in [6.07, 6.45) is -6.02. The van der Waals surface area contributed by atoms with E-state index in [0.717, 1.165) is 11.1 Å². The quantitative estimate of drug-likeness (QED) is 0.594. The van der Waals surface area contributed by atoms with Gasteiger partial charge in [-0.1, -0.05) is 6.92 Å². The number of nitrogens with two attached hydrogens (primary N) is 1. The van der Waals surface area contributed by atoms with Gasteiger partial charge < -0.3 is 30.3 Å². The van der Waals surface area contributed by atoms with Gasteiger partial charge in [0, 0.05) is 12.6 Å². The Morgan fingerprint density at radius 2 is 2.26 bits per heavy atom. The lowest BCUT2D eigenvalue weighted by Gasteiger charge is -2.34. The molecule has 23 heavy (non-hydrogen) atoms. The summed E-state index contributed by atoms with van der Waals surface area (Å²) in [5, 5.41) is 19.6. The molecule has 0 aromatic heterocycles. The van der Waals surface area contributed by atoms with Crippen LogP contribution < -0.4 is 5.73 Å². The summed E-state index contributed by atoms with van der Waals surface area (Å²) in [4.78, 5) is 15.5. The number of alkyl halides is 2. The number of rotatable bonds is 4. The number of aliphatic hydroxyl groups is 2. The van der Waals surface area contributed by atoms with E-state index in [1.807, 2.05) is 0 Å². The van der Waals surface area contributed by atoms with Crippen molar-refractivity contribution in [3.63, 3.8) is 0 Å². The summed E-state index contributed by atoms with van der Waals surface area (Å²) >= 11 is 0. The second-order valence-electron chi connectivity index (χ2n) is 5.28. The lowest BCUT2D eigenvalue weighted by atomic mass is 10.1. The van der Waals surface area contributed by atoms with E-state index in [2.05, 4.69) is 4.99 Å². The zero-order chi connectivity index (χ0) is 17.4. The van der Waals surface area contributed by atoms with Gasteiger partial charge >= 0.3 is 11.9 Å². The Labute approximate surface area is 131 Å². The Hall–Kier alpha value is -1.78. The summed E-state index contributed by atoms with van der Waals surface area (Å²) in [5.74, 6) is -4.35. The summed E-state index contributed by atoms with van der Waals surface area (Å²) < 4.78 is 38.7. The molecule has 0 amide bonds. The molecule has 2 rings (SSSR count). The summed E-state index contributed by atoms with van der Waals surface area (Å²) in [6, 6.07) is 0. The molecule has 0 radical (unpaired) electrons. The van der Waals surface area contributed by atoms with E-state index >= 15 is 0 Å². The van der Waals surface area contributed by atoms with E-state index in [0.29, 0.717) is 0 Å². The highest BCUT2D eigenvalue weighted by atomic mass is 19.3. The van der Waals surface area contributed by atoms with Gasteiger partial charge in [0.1, 0.15) is 18.0 Å². The molecule has 0 spiro atoms. The molecular formula is C13H19F2N3O5. The Morgan fingerprint density at radius 1 is 1.61 bits per heavy atom. The van der Waals surface area contributed by atoms with Crippen LogP contribution in [-0.4, -0.2) is 63.7 Å². The Bertz CT molecular complexity index is 528. The van der Waals surface area contributed by atoms with Crippen LogP contribution in [0.2, 0.25) is 0 Å². The van der Waals surface area contributed by atoms with Crippen LogP contribution in [0, 0.1) is 0 Å². The number of hydrogen-bond donors (Lipinski definition) is 3. The van der Waals surface area contributed by atoms with Crippen LogP contribution in [0.3, 0.4) is 0 Å². The number of carbonyl (C=O) groups is 1. The third-order valence-corrected chi connectivity index (χ3v) is 3.61. The van der Waals surface area contributed by atoms with Crippen molar-refractivity contribution in [3.8, 4) is 0 Å². The van der Waals surface area contributed by atoms with Crippen molar-refractivity contribution in [1.29, 1.82) is 0 Å². The number of amidine groups is 1. The van der Waals surface area contributed by atoms with E-state index in [9.17, 15) is 23.8 Å². The van der Waals surface area contributed by atoms with Crippen molar-refractivity contribution in [3.05, 3.63) is 12.3 Å². The summed E-state index contributed by atoms with van der Waals surface area (Å²) in [6.45, 7) is 2.90. The average Bonchev–Trinajstić information content (AvgIpc) is 2.70. The maximum Gasteiger partial charge on any atom is 0.319 e. The fourth-order valence-electron chi connectivity index (χ4n) is 2.35. The third kappa shape index (κ3) is 3.28. The molecule has 0 saturated carbocycles. The Kier molecular flexibility index (Phi) is 4.87. The average molecular weight is 335 g/mol. The van der Waals surface area contributed by atoms with Gasteiger partial charge in [-0.3, -0.25) is 4.79 Å². The van der Waals surface area contributed by atoms with Crippen LogP contribution in [0.1, 0.15) is 20.3 Å². The second kappa shape index (κ2) is 6.38. The molecule has 2 aliphatic heterocycles. The van der Waals surface area contributed by atoms with Gasteiger partial charge in [0.2, 0.25) is 12.6 Å². The van der Waals surface area contributed by atoms with E-state index in [1.165, 1.54) is 13.0 Å². The van der Waals surface area contributed by atoms with Crippen LogP contribution in [0.25, 0.3) is 0 Å². The molecule has 0 aromatic carbocycles. The van der Waals surface area contributed by atoms with Crippen LogP contribution in [0.15, 0.2) is 17.3 Å². The van der Waals surface area contributed by atoms with Crippen LogP contribution in [0.4, 0.5) is 8.78 Å². The summed E-state index contributed by atoms with van der Waals surface area (Å²) in [7, 11) is 0. The minimum atomic E-state index is -3.72. The molecule has 4 N–H and O–H groups in total. The predicted molar refractivity (Wildman–Crippen MR) is 74.1 cm³/mol. The number of halogens is 2. The number of ether oxygens (including phenoxy) is 2. The van der Waals surface area contributed by atoms with Gasteiger partial charge in [0.25, 0.3) is 0 Å². The zero-order valence-corrected chi connectivity index (χ0v) is 12.6. The number of aliphatic imine (C=N–C) groups is 1. The molecule has 8 nitrogen and oxygen atoms in total. The smallest absolute Gasteiger partial charge is 0.319 e. The maximum absolute atomic E-state index is 14.3. The van der Waals surface area contributed by atoms with Gasteiger partial charge in [-0.2, -0.15) is 8.78 Å². The molecule has 10 heteroatoms. The lowest BCUT2D eigenvalue weighted by molar-refractivity contribution is -0.189. The van der Waals surface area contributed by atoms with Gasteiger partial charge in [-0.05, 0) is 13.0 Å². The Balaban J connectivity index is 2.17. The fraction of sp³-hybridized carbons (Fsp3) is 0.692. The number of carbonyl (C=O) groups excluding carboxylic acids is 1. The second-order valence-corrected chi connectivity index (χ2v) is 5.28. The van der Waals surface area contributed by atoms with Crippen molar-refractivity contribution < 1.29 is 33.3 Å². The topological polar surface area (TPSA) is 118 Å². The summed E-state index contributed by atoms with van der Waals surface area (Å²) in [5.41, 5.74) is 5.37. The lowest BCUT2D eigenvalue weighted by Crippen LogP contribution is -2.51. The van der Waals surface area contributed by atoms with Gasteiger partial charge in [-0.25, -0.2) is 4.99 Å². The fourth-order valence-corrected chi connectivity index (χ4v) is 2.35. The standard InChI is InChI=1S/C13H19F2N3O5/c1-3-8(19)22-6(2)9-10(20)13(14,15)11(23-9)18-5-4-7(16)17-12(18)21/h4-6,9-12,20-21H,3H2,1-2H3,(H2,16,17). The highest BCUT2D eigenvalue weighted by Gasteiger charge is 2.62. The number of nitrogens with zero attached hydrogens (tertiary/aromatic N) is 2. The van der Waals surface area contributed by atoms with E-state index in [1.54, 1.807) is 6.92 Å². The highest BCUT2D eigenvalue weighted by molar-refractivity contribution is 5.91. The largest absolute Gasteiger partial charge is 0.460 e. The molecule has 0 aliphatic carbocycles. The molecule has 5 unspecified atom stereocenters. The van der Waals surface area contributed by atoms with Crippen LogP contribution >= 0.6 is 0 Å². The van der Waals surface area contributed by atoms with Gasteiger partial charge in [0.05, 0.1) is 0 Å². The van der Waals surface area contributed by atoms with Crippen LogP contribution in [0.5, 0.6) is 0 Å². The normalized spacial score (nSPS) is 34.2. The number of aliphatic hydroxyl groups excluding tert-OH is 2. The molecular weight excluding hydrogens is 316 g/mol. The first kappa shape index (κ1) is 17.6. The molecule has 130 valence electrons. The monoisotopic (exact) mass is 335 g/mol. The molecule has 2 heterocycles. The van der Waals surface area contributed by atoms with Crippen LogP contribution in [-0.2, 0) is 14.3 Å². The van der Waals surface area contributed by atoms with Crippen molar-refractivity contribution in [2.24, 2.45) is 10.7 Å². The first-order valence-corrected chi connectivity index (χ1v) is 7.06. The first-order valence-electron chi connectivity index (χ1n) is 7.06. The number of esters is 1. The van der Waals surface area contributed by atoms with Gasteiger partial charge in [0.15, 0.2) is 6.10 Å². The SMILES string of the molecule is CCC(=O)OC(C)C1OC(N2C=CC(N)=NC2O)C(F)(F)C1O. The maximum atomic E-state index is 14.3.